The van der Waals surface area contributed by atoms with Crippen molar-refractivity contribution in [1.29, 1.82) is 0 Å². The van der Waals surface area contributed by atoms with Gasteiger partial charge in [0.1, 0.15) is 11.7 Å². The smallest absolute Gasteiger partial charge is 0.214 e. The average Bonchev–Trinajstić information content (AvgIpc) is 3.02. The van der Waals surface area contributed by atoms with Crippen molar-refractivity contribution >= 4 is 32.0 Å². The number of hydrogen-bond donors (Lipinski definition) is 1. The third-order valence-electron chi connectivity index (χ3n) is 4.74. The molecule has 1 aromatic carbocycles. The Morgan fingerprint density at radius 3 is 2.62 bits per heavy atom. The second-order valence-corrected chi connectivity index (χ2v) is 10.5. The molecular formula is C20H29N5O3S. The molecule has 3 rings (SSSR count). The van der Waals surface area contributed by atoms with Crippen molar-refractivity contribution in [3.63, 3.8) is 0 Å². The van der Waals surface area contributed by atoms with Gasteiger partial charge in [-0.3, -0.25) is 0 Å². The lowest BCUT2D eigenvalue weighted by Gasteiger charge is -2.27. The Bertz CT molecular complexity index is 1120. The molecule has 0 bridgehead atoms. The lowest BCUT2D eigenvalue weighted by molar-refractivity contribution is 0.0564. The molecule has 3 aromatic rings. The highest BCUT2D eigenvalue weighted by atomic mass is 32.2. The van der Waals surface area contributed by atoms with E-state index in [0.717, 1.165) is 21.9 Å². The molecule has 0 aliphatic rings. The molecule has 8 nitrogen and oxygen atoms in total. The summed E-state index contributed by atoms with van der Waals surface area (Å²) in [6.07, 6.45) is 1.34. The van der Waals surface area contributed by atoms with Crippen molar-refractivity contribution in [3.8, 4) is 0 Å². The number of sulfonamides is 1. The number of aromatic nitrogens is 3. The van der Waals surface area contributed by atoms with Gasteiger partial charge in [-0.1, -0.05) is 32.0 Å². The lowest BCUT2D eigenvalue weighted by Crippen LogP contribution is -2.35. The van der Waals surface area contributed by atoms with E-state index in [9.17, 15) is 8.42 Å². The first-order valence-corrected chi connectivity index (χ1v) is 11.1. The molecule has 0 saturated heterocycles. The largest absolute Gasteiger partial charge is 0.358 e. The summed E-state index contributed by atoms with van der Waals surface area (Å²) in [6.45, 7) is 6.42. The molecule has 9 heteroatoms. The third kappa shape index (κ3) is 4.75. The Kier molecular flexibility index (Phi) is 5.96. The zero-order chi connectivity index (χ0) is 21.4. The van der Waals surface area contributed by atoms with Gasteiger partial charge >= 0.3 is 0 Å². The summed E-state index contributed by atoms with van der Waals surface area (Å²) in [5.41, 5.74) is 8.46. The Morgan fingerprint density at radius 1 is 1.28 bits per heavy atom. The molecule has 29 heavy (non-hydrogen) atoms. The van der Waals surface area contributed by atoms with E-state index in [1.807, 2.05) is 42.7 Å². The number of ether oxygens (including phenoxy) is 1. The fourth-order valence-corrected chi connectivity index (χ4v) is 4.74. The van der Waals surface area contributed by atoms with Gasteiger partial charge in [-0.05, 0) is 18.4 Å². The summed E-state index contributed by atoms with van der Waals surface area (Å²) >= 11 is 0. The summed E-state index contributed by atoms with van der Waals surface area (Å²) in [5, 5.41) is 0.968. The Morgan fingerprint density at radius 2 is 1.97 bits per heavy atom. The first kappa shape index (κ1) is 21.6. The van der Waals surface area contributed by atoms with Gasteiger partial charge in [0.2, 0.25) is 10.0 Å². The van der Waals surface area contributed by atoms with Crippen LogP contribution in [0.1, 0.15) is 26.5 Å². The van der Waals surface area contributed by atoms with Crippen LogP contribution < -0.4 is 5.73 Å². The van der Waals surface area contributed by atoms with Crippen molar-refractivity contribution in [2.75, 3.05) is 19.8 Å². The van der Waals surface area contributed by atoms with Crippen LogP contribution in [0, 0.1) is 5.41 Å². The molecule has 0 aliphatic heterocycles. The molecule has 0 aliphatic carbocycles. The molecule has 158 valence electrons. The average molecular weight is 420 g/mol. The van der Waals surface area contributed by atoms with E-state index in [0.29, 0.717) is 12.2 Å². The molecule has 1 atom stereocenters. The topological polar surface area (TPSA) is 103 Å². The number of hydrogen-bond acceptors (Lipinski definition) is 6. The normalized spacial score (nSPS) is 14.2. The maximum Gasteiger partial charge on any atom is 0.214 e. The van der Waals surface area contributed by atoms with Crippen molar-refractivity contribution in [2.24, 2.45) is 11.1 Å². The molecule has 0 amide bonds. The highest BCUT2D eigenvalue weighted by Crippen LogP contribution is 2.30. The molecule has 2 N–H and O–H groups in total. The van der Waals surface area contributed by atoms with Gasteiger partial charge in [0, 0.05) is 26.0 Å². The van der Waals surface area contributed by atoms with Crippen molar-refractivity contribution in [2.45, 2.75) is 40.2 Å². The molecule has 1 unspecified atom stereocenters. The summed E-state index contributed by atoms with van der Waals surface area (Å²) in [4.78, 5) is 9.29. The van der Waals surface area contributed by atoms with E-state index in [1.165, 1.54) is 4.31 Å². The highest BCUT2D eigenvalue weighted by molar-refractivity contribution is 7.89. The second kappa shape index (κ2) is 7.98. The van der Waals surface area contributed by atoms with Gasteiger partial charge in [0.05, 0.1) is 35.4 Å². The number of pyridine rings is 1. The van der Waals surface area contributed by atoms with Gasteiger partial charge < -0.3 is 15.0 Å². The van der Waals surface area contributed by atoms with Gasteiger partial charge in [-0.2, -0.15) is 0 Å². The van der Waals surface area contributed by atoms with Gasteiger partial charge in [0.25, 0.3) is 0 Å². The first-order chi connectivity index (χ1) is 13.5. The summed E-state index contributed by atoms with van der Waals surface area (Å²) in [5.74, 6) is 0.0380. The van der Waals surface area contributed by atoms with Crippen LogP contribution in [-0.2, 0) is 27.9 Å². The molecule has 0 radical (unpaired) electrons. The highest BCUT2D eigenvalue weighted by Gasteiger charge is 2.29. The fourth-order valence-electron chi connectivity index (χ4n) is 3.41. The minimum Gasteiger partial charge on any atom is -0.358 e. The number of benzene rings is 1. The number of para-hydroxylation sites is 1. The predicted octanol–water partition coefficient (Wildman–Crippen LogP) is 2.32. The molecule has 0 fully saturated rings. The van der Waals surface area contributed by atoms with Crippen LogP contribution in [0.15, 0.2) is 30.6 Å². The third-order valence-corrected chi connectivity index (χ3v) is 7.00. The SMILES string of the molecule is CC(N)OCc1nc2ccccc2c2c1ncn2CC(C)(C)CS(=O)(=O)N(C)C. The van der Waals surface area contributed by atoms with Gasteiger partial charge in [0.15, 0.2) is 0 Å². The zero-order valence-corrected chi connectivity index (χ0v) is 18.4. The van der Waals surface area contributed by atoms with E-state index in [-0.39, 0.29) is 12.4 Å². The van der Waals surface area contributed by atoms with Crippen LogP contribution in [0.5, 0.6) is 0 Å². The minimum atomic E-state index is -3.33. The van der Waals surface area contributed by atoms with Crippen LogP contribution in [0.4, 0.5) is 0 Å². The summed E-state index contributed by atoms with van der Waals surface area (Å²) < 4.78 is 33.7. The maximum absolute atomic E-state index is 12.4. The number of nitrogens with zero attached hydrogens (tertiary/aromatic N) is 4. The van der Waals surface area contributed by atoms with Crippen molar-refractivity contribution < 1.29 is 13.2 Å². The van der Waals surface area contributed by atoms with Crippen molar-refractivity contribution in [1.82, 2.24) is 18.8 Å². The fraction of sp³-hybridized carbons (Fsp3) is 0.500. The zero-order valence-electron chi connectivity index (χ0n) is 17.6. The first-order valence-electron chi connectivity index (χ1n) is 9.50. The van der Waals surface area contributed by atoms with Gasteiger partial charge in [-0.25, -0.2) is 22.7 Å². The Labute approximate surface area is 171 Å². The van der Waals surface area contributed by atoms with Crippen molar-refractivity contribution in [3.05, 3.63) is 36.3 Å². The minimum absolute atomic E-state index is 0.0380. The van der Waals surface area contributed by atoms with E-state index in [2.05, 4.69) is 4.98 Å². The van der Waals surface area contributed by atoms with E-state index in [1.54, 1.807) is 27.3 Å². The molecule has 0 spiro atoms. The number of fused-ring (bicyclic) bond motifs is 3. The summed E-state index contributed by atoms with van der Waals surface area (Å²) in [7, 11) is -0.213. The van der Waals surface area contributed by atoms with E-state index < -0.39 is 21.7 Å². The van der Waals surface area contributed by atoms with E-state index >= 15 is 0 Å². The number of nitrogens with two attached hydrogens (primary N) is 1. The maximum atomic E-state index is 12.4. The van der Waals surface area contributed by atoms with Crippen LogP contribution in [-0.4, -0.2) is 53.3 Å². The monoisotopic (exact) mass is 419 g/mol. The standard InChI is InChI=1S/C20H29N5O3S/c1-14(21)28-10-17-18-19(15-8-6-7-9-16(15)23-17)25(13-22-18)11-20(2,3)12-29(26,27)24(4)5/h6-9,13-14H,10-12,21H2,1-5H3. The van der Waals surface area contributed by atoms with Crippen LogP contribution >= 0.6 is 0 Å². The molecule has 0 saturated carbocycles. The summed E-state index contributed by atoms with van der Waals surface area (Å²) in [6, 6.07) is 7.85. The van der Waals surface area contributed by atoms with Gasteiger partial charge in [-0.15, -0.1) is 0 Å². The number of imidazole rings is 1. The number of rotatable bonds is 8. The second-order valence-electron chi connectivity index (χ2n) is 8.36. The quantitative estimate of drug-likeness (QED) is 0.562. The van der Waals surface area contributed by atoms with Crippen LogP contribution in [0.2, 0.25) is 0 Å². The van der Waals surface area contributed by atoms with Crippen LogP contribution in [0.3, 0.4) is 0 Å². The Balaban J connectivity index is 2.07. The lowest BCUT2D eigenvalue weighted by atomic mass is 9.96. The molecule has 2 heterocycles. The van der Waals surface area contributed by atoms with E-state index in [4.69, 9.17) is 15.5 Å². The van der Waals surface area contributed by atoms with Crippen LogP contribution in [0.25, 0.3) is 21.9 Å². The molecule has 2 aromatic heterocycles. The molecular weight excluding hydrogens is 390 g/mol. The predicted molar refractivity (Wildman–Crippen MR) is 115 cm³/mol. The Hall–Kier alpha value is -2.07.